The molecule has 1 atom stereocenters. The fourth-order valence-electron chi connectivity index (χ4n) is 7.05. The summed E-state index contributed by atoms with van der Waals surface area (Å²) >= 11 is 0. The van der Waals surface area contributed by atoms with Crippen molar-refractivity contribution in [1.82, 2.24) is 0 Å². The first-order valence-electron chi connectivity index (χ1n) is 25.9. The molecule has 0 aromatic rings. The lowest BCUT2D eigenvalue weighted by Gasteiger charge is -2.18. The van der Waals surface area contributed by atoms with Crippen molar-refractivity contribution >= 4 is 17.9 Å². The van der Waals surface area contributed by atoms with E-state index in [1.165, 1.54) is 96.3 Å². The number of ether oxygens (including phenoxy) is 3. The number of unbranched alkanes of at least 4 members (excludes halogenated alkanes) is 23. The van der Waals surface area contributed by atoms with E-state index >= 15 is 0 Å². The third-order valence-electron chi connectivity index (χ3n) is 10.9. The number of carbonyl (C=O) groups is 3. The summed E-state index contributed by atoms with van der Waals surface area (Å²) in [6.45, 7) is 6.47. The molecule has 6 nitrogen and oxygen atoms in total. The summed E-state index contributed by atoms with van der Waals surface area (Å²) in [5.74, 6) is -0.931. The Hall–Kier alpha value is -3.15. The molecule has 62 heavy (non-hydrogen) atoms. The first-order valence-corrected chi connectivity index (χ1v) is 25.9. The average Bonchev–Trinajstić information content (AvgIpc) is 3.27. The number of hydrogen-bond donors (Lipinski definition) is 0. The van der Waals surface area contributed by atoms with Crippen LogP contribution in [0.15, 0.2) is 72.9 Å². The molecular formula is C56H96O6. The lowest BCUT2D eigenvalue weighted by molar-refractivity contribution is -0.167. The van der Waals surface area contributed by atoms with E-state index in [1.807, 2.05) is 0 Å². The van der Waals surface area contributed by atoms with Gasteiger partial charge in [-0.25, -0.2) is 0 Å². The van der Waals surface area contributed by atoms with Crippen molar-refractivity contribution in [2.24, 2.45) is 0 Å². The highest BCUT2D eigenvalue weighted by Gasteiger charge is 2.19. The molecule has 0 aliphatic rings. The summed E-state index contributed by atoms with van der Waals surface area (Å²) in [4.78, 5) is 37.9. The van der Waals surface area contributed by atoms with Crippen LogP contribution < -0.4 is 0 Å². The summed E-state index contributed by atoms with van der Waals surface area (Å²) < 4.78 is 16.7. The van der Waals surface area contributed by atoms with Gasteiger partial charge in [0.25, 0.3) is 0 Å². The fraction of sp³-hybridized carbons (Fsp3) is 0.732. The molecule has 0 rings (SSSR count). The second-order valence-corrected chi connectivity index (χ2v) is 17.1. The minimum Gasteiger partial charge on any atom is -0.462 e. The molecule has 0 aromatic carbocycles. The molecule has 0 bridgehead atoms. The van der Waals surface area contributed by atoms with Gasteiger partial charge in [0.15, 0.2) is 6.10 Å². The zero-order chi connectivity index (χ0) is 45.1. The average molecular weight is 865 g/mol. The Labute approximate surface area is 382 Å². The first-order chi connectivity index (χ1) is 30.5. The highest BCUT2D eigenvalue weighted by atomic mass is 16.6. The van der Waals surface area contributed by atoms with E-state index in [9.17, 15) is 14.4 Å². The van der Waals surface area contributed by atoms with Gasteiger partial charge in [0.2, 0.25) is 0 Å². The van der Waals surface area contributed by atoms with Crippen molar-refractivity contribution in [3.8, 4) is 0 Å². The third-order valence-corrected chi connectivity index (χ3v) is 10.9. The predicted octanol–water partition coefficient (Wildman–Crippen LogP) is 17.0. The minimum absolute atomic E-state index is 0.0883. The van der Waals surface area contributed by atoms with Gasteiger partial charge in [-0.15, -0.1) is 0 Å². The molecule has 0 radical (unpaired) electrons. The van der Waals surface area contributed by atoms with Crippen LogP contribution in [0.2, 0.25) is 0 Å². The summed E-state index contributed by atoms with van der Waals surface area (Å²) in [6, 6.07) is 0. The Balaban J connectivity index is 4.40. The van der Waals surface area contributed by atoms with Gasteiger partial charge < -0.3 is 14.2 Å². The molecule has 1 unspecified atom stereocenters. The molecule has 0 N–H and O–H groups in total. The lowest BCUT2D eigenvalue weighted by Crippen LogP contribution is -2.30. The van der Waals surface area contributed by atoms with Crippen molar-refractivity contribution in [3.63, 3.8) is 0 Å². The number of hydrogen-bond acceptors (Lipinski definition) is 6. The van der Waals surface area contributed by atoms with Gasteiger partial charge in [-0.1, -0.05) is 209 Å². The molecule has 0 heterocycles. The Morgan fingerprint density at radius 2 is 0.629 bits per heavy atom. The predicted molar refractivity (Wildman–Crippen MR) is 265 cm³/mol. The van der Waals surface area contributed by atoms with Gasteiger partial charge in [-0.2, -0.15) is 0 Å². The fourth-order valence-corrected chi connectivity index (χ4v) is 7.05. The summed E-state index contributed by atoms with van der Waals surface area (Å²) in [7, 11) is 0. The van der Waals surface area contributed by atoms with Crippen molar-refractivity contribution in [1.29, 1.82) is 0 Å². The van der Waals surface area contributed by atoms with Crippen molar-refractivity contribution < 1.29 is 28.6 Å². The lowest BCUT2D eigenvalue weighted by atomic mass is 10.1. The van der Waals surface area contributed by atoms with E-state index in [1.54, 1.807) is 0 Å². The van der Waals surface area contributed by atoms with Crippen LogP contribution in [0.4, 0.5) is 0 Å². The number of carbonyl (C=O) groups excluding carboxylic acids is 3. The Morgan fingerprint density at radius 1 is 0.339 bits per heavy atom. The van der Waals surface area contributed by atoms with Crippen LogP contribution >= 0.6 is 0 Å². The Bertz CT molecular complexity index is 1180. The third kappa shape index (κ3) is 47.9. The quantitative estimate of drug-likeness (QED) is 0.0262. The maximum atomic E-state index is 12.8. The summed E-state index contributed by atoms with van der Waals surface area (Å²) in [5.41, 5.74) is 0. The topological polar surface area (TPSA) is 78.9 Å². The van der Waals surface area contributed by atoms with E-state index in [4.69, 9.17) is 14.2 Å². The maximum Gasteiger partial charge on any atom is 0.306 e. The maximum absolute atomic E-state index is 12.8. The zero-order valence-electron chi connectivity index (χ0n) is 40.6. The van der Waals surface area contributed by atoms with Crippen LogP contribution in [0.1, 0.15) is 245 Å². The van der Waals surface area contributed by atoms with Gasteiger partial charge in [0.1, 0.15) is 13.2 Å². The van der Waals surface area contributed by atoms with Gasteiger partial charge in [-0.3, -0.25) is 14.4 Å². The molecule has 0 fully saturated rings. The molecule has 0 spiro atoms. The van der Waals surface area contributed by atoms with Crippen LogP contribution in [0.25, 0.3) is 0 Å². The Kier molecular flexibility index (Phi) is 47.9. The highest BCUT2D eigenvalue weighted by molar-refractivity contribution is 5.71. The van der Waals surface area contributed by atoms with Crippen molar-refractivity contribution in [2.45, 2.75) is 252 Å². The van der Waals surface area contributed by atoms with Crippen molar-refractivity contribution in [3.05, 3.63) is 72.9 Å². The van der Waals surface area contributed by atoms with Gasteiger partial charge in [0, 0.05) is 19.3 Å². The van der Waals surface area contributed by atoms with Crippen LogP contribution in [-0.4, -0.2) is 37.2 Å². The summed E-state index contributed by atoms with van der Waals surface area (Å²) in [5, 5.41) is 0. The summed E-state index contributed by atoms with van der Waals surface area (Å²) in [6.07, 6.45) is 63.2. The smallest absolute Gasteiger partial charge is 0.306 e. The van der Waals surface area contributed by atoms with Crippen LogP contribution in [-0.2, 0) is 28.6 Å². The van der Waals surface area contributed by atoms with E-state index in [2.05, 4.69) is 93.7 Å². The van der Waals surface area contributed by atoms with E-state index in [-0.39, 0.29) is 31.1 Å². The zero-order valence-corrected chi connectivity index (χ0v) is 40.6. The SMILES string of the molecule is CC/C=C\C/C=C\C/C=C\C/C=C\C/C=C\CCCCCC(=O)OCC(COC(=O)CCCCCCCCCCC)OC(=O)CCCCCCC/C=C\CCCCCCCCC. The molecule has 0 aliphatic heterocycles. The molecule has 0 saturated heterocycles. The molecule has 356 valence electrons. The second-order valence-electron chi connectivity index (χ2n) is 17.1. The normalized spacial score (nSPS) is 12.6. The highest BCUT2D eigenvalue weighted by Crippen LogP contribution is 2.14. The Morgan fingerprint density at radius 3 is 1.02 bits per heavy atom. The van der Waals surface area contributed by atoms with Gasteiger partial charge >= 0.3 is 17.9 Å². The number of rotatable bonds is 46. The van der Waals surface area contributed by atoms with Gasteiger partial charge in [-0.05, 0) is 89.9 Å². The molecule has 0 amide bonds. The monoisotopic (exact) mass is 865 g/mol. The van der Waals surface area contributed by atoms with E-state index in [0.29, 0.717) is 19.3 Å². The van der Waals surface area contributed by atoms with Crippen molar-refractivity contribution in [2.75, 3.05) is 13.2 Å². The van der Waals surface area contributed by atoms with Gasteiger partial charge in [0.05, 0.1) is 0 Å². The van der Waals surface area contributed by atoms with Crippen LogP contribution in [0.5, 0.6) is 0 Å². The number of esters is 3. The van der Waals surface area contributed by atoms with Crippen LogP contribution in [0.3, 0.4) is 0 Å². The minimum atomic E-state index is -0.790. The standard InChI is InChI=1S/C56H96O6/c1-4-7-10-13-16-19-21-23-25-27-28-29-31-32-34-37-40-43-46-49-55(58)61-52-53(51-60-54(57)48-45-42-39-36-18-15-12-9-6-3)62-56(59)50-47-44-41-38-35-33-30-26-24-22-20-17-14-11-8-5-2/h7,10,16,19,23,25-26,28-30,32,34,53H,4-6,8-9,11-15,17-18,20-22,24,27,31,33,35-52H2,1-3H3/b10-7-,19-16-,25-23-,29-28-,30-26-,34-32-. The first kappa shape index (κ1) is 58.9. The number of allylic oxidation sites excluding steroid dienone is 12. The van der Waals surface area contributed by atoms with E-state index < -0.39 is 6.10 Å². The van der Waals surface area contributed by atoms with E-state index in [0.717, 1.165) is 109 Å². The molecule has 0 aromatic heterocycles. The molecule has 6 heteroatoms. The molecule has 0 aliphatic carbocycles. The second kappa shape index (κ2) is 50.5. The molecule has 0 saturated carbocycles. The van der Waals surface area contributed by atoms with Crippen LogP contribution in [0, 0.1) is 0 Å². The largest absolute Gasteiger partial charge is 0.462 e. The molecular weight excluding hydrogens is 769 g/mol.